The van der Waals surface area contributed by atoms with Crippen LogP contribution in [0.25, 0.3) is 0 Å². The van der Waals surface area contributed by atoms with Crippen molar-refractivity contribution in [2.75, 3.05) is 0 Å². The van der Waals surface area contributed by atoms with E-state index >= 15 is 0 Å². The first-order chi connectivity index (χ1) is 12.2. The predicted molar refractivity (Wildman–Crippen MR) is 97.4 cm³/mol. The van der Waals surface area contributed by atoms with Crippen molar-refractivity contribution in [3.63, 3.8) is 0 Å². The summed E-state index contributed by atoms with van der Waals surface area (Å²) >= 11 is 0. The standard InChI is InChI=1S/C19H14N4O2/c24-23(25)19-9-5-4-6-15(19)14-20-16-10-12-18(13-11-16)22-21-17-7-2-1-3-8-17/h1-14H. The van der Waals surface area contributed by atoms with Crippen LogP contribution in [0, 0.1) is 10.1 Å². The van der Waals surface area contributed by atoms with Gasteiger partial charge in [0.05, 0.1) is 27.5 Å². The van der Waals surface area contributed by atoms with Gasteiger partial charge in [0, 0.05) is 12.3 Å². The number of nitro groups is 1. The summed E-state index contributed by atoms with van der Waals surface area (Å²) in [6.07, 6.45) is 1.48. The second-order valence-electron chi connectivity index (χ2n) is 5.13. The molecule has 3 aromatic rings. The molecule has 122 valence electrons. The van der Waals surface area contributed by atoms with Gasteiger partial charge in [-0.15, -0.1) is 0 Å². The van der Waals surface area contributed by atoms with Crippen LogP contribution < -0.4 is 0 Å². The number of aliphatic imine (C=N–C) groups is 1. The van der Waals surface area contributed by atoms with Crippen LogP contribution in [0.15, 0.2) is 94.1 Å². The molecule has 0 atom stereocenters. The molecule has 0 saturated heterocycles. The van der Waals surface area contributed by atoms with Crippen molar-refractivity contribution >= 4 is 29.0 Å². The summed E-state index contributed by atoms with van der Waals surface area (Å²) in [6, 6.07) is 23.1. The lowest BCUT2D eigenvalue weighted by molar-refractivity contribution is -0.385. The largest absolute Gasteiger partial charge is 0.278 e. The average Bonchev–Trinajstić information content (AvgIpc) is 2.66. The minimum absolute atomic E-state index is 0.0273. The fraction of sp³-hybridized carbons (Fsp3) is 0. The first-order valence-electron chi connectivity index (χ1n) is 7.57. The molecular weight excluding hydrogens is 316 g/mol. The normalized spacial score (nSPS) is 11.2. The molecule has 0 bridgehead atoms. The summed E-state index contributed by atoms with van der Waals surface area (Å²) in [4.78, 5) is 14.8. The maximum Gasteiger partial charge on any atom is 0.278 e. The van der Waals surface area contributed by atoms with Crippen LogP contribution in [0.4, 0.5) is 22.7 Å². The van der Waals surface area contributed by atoms with E-state index in [9.17, 15) is 10.1 Å². The first kappa shape index (κ1) is 16.2. The van der Waals surface area contributed by atoms with Crippen LogP contribution >= 0.6 is 0 Å². The van der Waals surface area contributed by atoms with Crippen molar-refractivity contribution in [2.24, 2.45) is 15.2 Å². The third-order valence-corrected chi connectivity index (χ3v) is 3.37. The number of hydrogen-bond acceptors (Lipinski definition) is 5. The molecule has 0 spiro atoms. The Hall–Kier alpha value is -3.67. The van der Waals surface area contributed by atoms with E-state index in [1.165, 1.54) is 12.3 Å². The van der Waals surface area contributed by atoms with E-state index in [0.717, 1.165) is 5.69 Å². The molecule has 3 rings (SSSR count). The molecule has 6 heteroatoms. The number of rotatable bonds is 5. The molecule has 3 aromatic carbocycles. The third-order valence-electron chi connectivity index (χ3n) is 3.37. The van der Waals surface area contributed by atoms with Crippen molar-refractivity contribution in [3.8, 4) is 0 Å². The monoisotopic (exact) mass is 330 g/mol. The minimum Gasteiger partial charge on any atom is -0.258 e. The Labute approximate surface area is 144 Å². The Bertz CT molecular complexity index is 920. The number of azo groups is 1. The zero-order chi connectivity index (χ0) is 17.5. The van der Waals surface area contributed by atoms with E-state index in [-0.39, 0.29) is 5.69 Å². The van der Waals surface area contributed by atoms with Crippen molar-refractivity contribution in [1.82, 2.24) is 0 Å². The molecule has 0 aromatic heterocycles. The average molecular weight is 330 g/mol. The molecule has 0 amide bonds. The molecule has 6 nitrogen and oxygen atoms in total. The van der Waals surface area contributed by atoms with Crippen LogP contribution in [0.2, 0.25) is 0 Å². The number of hydrogen-bond donors (Lipinski definition) is 0. The molecule has 0 saturated carbocycles. The van der Waals surface area contributed by atoms with Gasteiger partial charge in [-0.25, -0.2) is 0 Å². The smallest absolute Gasteiger partial charge is 0.258 e. The van der Waals surface area contributed by atoms with Gasteiger partial charge in [0.25, 0.3) is 5.69 Å². The molecule has 0 heterocycles. The molecule has 25 heavy (non-hydrogen) atoms. The molecular formula is C19H14N4O2. The number of benzene rings is 3. The van der Waals surface area contributed by atoms with Crippen molar-refractivity contribution < 1.29 is 4.92 Å². The Morgan fingerprint density at radius 3 is 1.96 bits per heavy atom. The summed E-state index contributed by atoms with van der Waals surface area (Å²) in [7, 11) is 0. The highest BCUT2D eigenvalue weighted by Gasteiger charge is 2.09. The summed E-state index contributed by atoms with van der Waals surface area (Å²) < 4.78 is 0. The molecule has 0 aliphatic heterocycles. The lowest BCUT2D eigenvalue weighted by atomic mass is 10.2. The Morgan fingerprint density at radius 1 is 0.720 bits per heavy atom. The van der Waals surface area contributed by atoms with E-state index in [1.54, 1.807) is 42.5 Å². The van der Waals surface area contributed by atoms with Gasteiger partial charge in [0.2, 0.25) is 0 Å². The maximum atomic E-state index is 11.0. The quantitative estimate of drug-likeness (QED) is 0.258. The Balaban J connectivity index is 1.73. The molecule has 0 aliphatic rings. The lowest BCUT2D eigenvalue weighted by Crippen LogP contribution is -1.93. The zero-order valence-corrected chi connectivity index (χ0v) is 13.2. The van der Waals surface area contributed by atoms with Crippen LogP contribution in [0.1, 0.15) is 5.56 Å². The molecule has 0 unspecified atom stereocenters. The van der Waals surface area contributed by atoms with Gasteiger partial charge in [0.1, 0.15) is 0 Å². The van der Waals surface area contributed by atoms with Gasteiger partial charge in [-0.1, -0.05) is 30.3 Å². The van der Waals surface area contributed by atoms with Gasteiger partial charge in [0.15, 0.2) is 0 Å². The molecule has 0 aliphatic carbocycles. The van der Waals surface area contributed by atoms with E-state index in [1.807, 2.05) is 30.3 Å². The van der Waals surface area contributed by atoms with Crippen LogP contribution in [-0.2, 0) is 0 Å². The van der Waals surface area contributed by atoms with Gasteiger partial charge < -0.3 is 0 Å². The van der Waals surface area contributed by atoms with Gasteiger partial charge in [-0.05, 0) is 42.5 Å². The second kappa shape index (κ2) is 7.74. The Morgan fingerprint density at radius 2 is 1.28 bits per heavy atom. The second-order valence-corrected chi connectivity index (χ2v) is 5.13. The van der Waals surface area contributed by atoms with E-state index in [2.05, 4.69) is 15.2 Å². The predicted octanol–water partition coefficient (Wildman–Crippen LogP) is 5.76. The first-order valence-corrected chi connectivity index (χ1v) is 7.57. The summed E-state index contributed by atoms with van der Waals surface area (Å²) in [5.74, 6) is 0. The number of para-hydroxylation sites is 1. The van der Waals surface area contributed by atoms with Crippen LogP contribution in [0.3, 0.4) is 0 Å². The van der Waals surface area contributed by atoms with E-state index in [4.69, 9.17) is 0 Å². The highest BCUT2D eigenvalue weighted by atomic mass is 16.6. The summed E-state index contributed by atoms with van der Waals surface area (Å²) in [6.45, 7) is 0. The summed E-state index contributed by atoms with van der Waals surface area (Å²) in [5.41, 5.74) is 2.64. The van der Waals surface area contributed by atoms with Gasteiger partial charge in [-0.3, -0.25) is 15.1 Å². The molecule has 0 fully saturated rings. The fourth-order valence-electron chi connectivity index (χ4n) is 2.12. The maximum absolute atomic E-state index is 11.0. The molecule has 0 N–H and O–H groups in total. The van der Waals surface area contributed by atoms with Gasteiger partial charge >= 0.3 is 0 Å². The third kappa shape index (κ3) is 4.42. The zero-order valence-electron chi connectivity index (χ0n) is 13.2. The Kier molecular flexibility index (Phi) is 5.01. The van der Waals surface area contributed by atoms with Crippen molar-refractivity contribution in [2.45, 2.75) is 0 Å². The number of nitrogens with zero attached hydrogens (tertiary/aromatic N) is 4. The van der Waals surface area contributed by atoms with Crippen molar-refractivity contribution in [3.05, 3.63) is 94.5 Å². The minimum atomic E-state index is -0.422. The van der Waals surface area contributed by atoms with Crippen molar-refractivity contribution in [1.29, 1.82) is 0 Å². The fourth-order valence-corrected chi connectivity index (χ4v) is 2.12. The summed E-state index contributed by atoms with van der Waals surface area (Å²) in [5, 5.41) is 19.3. The number of nitro benzene ring substituents is 1. The highest BCUT2D eigenvalue weighted by Crippen LogP contribution is 2.22. The molecule has 0 radical (unpaired) electrons. The van der Waals surface area contributed by atoms with E-state index < -0.39 is 4.92 Å². The van der Waals surface area contributed by atoms with Gasteiger partial charge in [-0.2, -0.15) is 10.2 Å². The van der Waals surface area contributed by atoms with E-state index in [0.29, 0.717) is 16.9 Å². The van der Waals surface area contributed by atoms with Crippen LogP contribution in [-0.4, -0.2) is 11.1 Å². The highest BCUT2D eigenvalue weighted by molar-refractivity contribution is 5.87. The SMILES string of the molecule is O=[N+]([O-])c1ccccc1C=Nc1ccc(N=Nc2ccccc2)cc1. The topological polar surface area (TPSA) is 80.2 Å². The van der Waals surface area contributed by atoms with Crippen LogP contribution in [0.5, 0.6) is 0 Å². The lowest BCUT2D eigenvalue weighted by Gasteiger charge is -1.97.